The van der Waals surface area contributed by atoms with Crippen LogP contribution in [0.2, 0.25) is 0 Å². The van der Waals surface area contributed by atoms with E-state index in [9.17, 15) is 4.39 Å². The Labute approximate surface area is 134 Å². The highest BCUT2D eigenvalue weighted by molar-refractivity contribution is 5.85. The lowest BCUT2D eigenvalue weighted by Gasteiger charge is -2.35. The van der Waals surface area contributed by atoms with Crippen molar-refractivity contribution in [1.82, 2.24) is 10.2 Å². The molecule has 4 heteroatoms. The molecule has 1 saturated heterocycles. The third-order valence-corrected chi connectivity index (χ3v) is 4.24. The van der Waals surface area contributed by atoms with Crippen LogP contribution in [0.5, 0.6) is 0 Å². The summed E-state index contributed by atoms with van der Waals surface area (Å²) in [5.41, 5.74) is 2.04. The molecule has 1 fully saturated rings. The van der Waals surface area contributed by atoms with E-state index in [1.807, 2.05) is 19.1 Å². The molecule has 0 aliphatic carbocycles. The molecule has 2 rings (SSSR count). The summed E-state index contributed by atoms with van der Waals surface area (Å²) in [7, 11) is 0. The highest BCUT2D eigenvalue weighted by Gasteiger charge is 2.22. The van der Waals surface area contributed by atoms with Crippen molar-refractivity contribution in [1.29, 1.82) is 0 Å². The van der Waals surface area contributed by atoms with Crippen LogP contribution in [0.3, 0.4) is 0 Å². The first-order valence-corrected chi connectivity index (χ1v) is 7.93. The van der Waals surface area contributed by atoms with Gasteiger partial charge in [-0.25, -0.2) is 4.39 Å². The zero-order valence-corrected chi connectivity index (χ0v) is 14.0. The molecule has 1 aliphatic heterocycles. The standard InChI is InChI=1S/C17H27FN2.ClH/c1-3-4-5-6-17(20-11-9-19-10-12-20)15-7-8-16(18)14(2)13-15;/h7-8,13,17,19H,3-6,9-12H2,1-2H3;1H/t17-;/m0./s1. The van der Waals surface area contributed by atoms with E-state index in [1.165, 1.54) is 31.2 Å². The molecular weight excluding hydrogens is 287 g/mol. The van der Waals surface area contributed by atoms with Crippen molar-refractivity contribution >= 4 is 12.4 Å². The summed E-state index contributed by atoms with van der Waals surface area (Å²) in [5.74, 6) is -0.0960. The van der Waals surface area contributed by atoms with Gasteiger partial charge in [0.05, 0.1) is 0 Å². The molecule has 1 aliphatic rings. The van der Waals surface area contributed by atoms with E-state index >= 15 is 0 Å². The average molecular weight is 315 g/mol. The molecule has 0 spiro atoms. The van der Waals surface area contributed by atoms with E-state index in [-0.39, 0.29) is 18.2 Å². The molecule has 1 atom stereocenters. The summed E-state index contributed by atoms with van der Waals surface area (Å²) in [4.78, 5) is 2.55. The first kappa shape index (κ1) is 18.4. The molecular formula is C17H28ClFN2. The summed E-state index contributed by atoms with van der Waals surface area (Å²) in [6.45, 7) is 8.40. The van der Waals surface area contributed by atoms with Gasteiger partial charge in [-0.05, 0) is 30.5 Å². The topological polar surface area (TPSA) is 15.3 Å². The summed E-state index contributed by atoms with van der Waals surface area (Å²) in [6, 6.07) is 6.08. The predicted molar refractivity (Wildman–Crippen MR) is 89.7 cm³/mol. The molecule has 0 saturated carbocycles. The molecule has 2 nitrogen and oxygen atoms in total. The number of nitrogens with zero attached hydrogens (tertiary/aromatic N) is 1. The Morgan fingerprint density at radius 1 is 1.24 bits per heavy atom. The predicted octanol–water partition coefficient (Wildman–Crippen LogP) is 4.08. The second kappa shape index (κ2) is 9.39. The Kier molecular flexibility index (Phi) is 8.23. The normalized spacial score (nSPS) is 17.3. The third-order valence-electron chi connectivity index (χ3n) is 4.24. The molecule has 0 bridgehead atoms. The van der Waals surface area contributed by atoms with Crippen LogP contribution >= 0.6 is 12.4 Å². The van der Waals surface area contributed by atoms with Crippen molar-refractivity contribution in [2.24, 2.45) is 0 Å². The lowest BCUT2D eigenvalue weighted by Crippen LogP contribution is -2.45. The fourth-order valence-electron chi connectivity index (χ4n) is 3.02. The molecule has 1 N–H and O–H groups in total. The molecule has 1 aromatic carbocycles. The monoisotopic (exact) mass is 314 g/mol. The summed E-state index contributed by atoms with van der Waals surface area (Å²) < 4.78 is 13.5. The lowest BCUT2D eigenvalue weighted by atomic mass is 9.96. The molecule has 1 heterocycles. The summed E-state index contributed by atoms with van der Waals surface area (Å²) >= 11 is 0. The van der Waals surface area contributed by atoms with E-state index in [1.54, 1.807) is 6.07 Å². The Balaban J connectivity index is 0.00000220. The molecule has 1 aromatic rings. The number of piperazine rings is 1. The van der Waals surface area contributed by atoms with Crippen molar-refractivity contribution < 1.29 is 4.39 Å². The van der Waals surface area contributed by atoms with Crippen LogP contribution < -0.4 is 5.32 Å². The zero-order chi connectivity index (χ0) is 14.4. The Morgan fingerprint density at radius 2 is 1.95 bits per heavy atom. The number of halogens is 2. The summed E-state index contributed by atoms with van der Waals surface area (Å²) in [6.07, 6.45) is 4.96. The number of hydrogen-bond acceptors (Lipinski definition) is 2. The fraction of sp³-hybridized carbons (Fsp3) is 0.647. The maximum Gasteiger partial charge on any atom is 0.126 e. The van der Waals surface area contributed by atoms with Gasteiger partial charge in [0.15, 0.2) is 0 Å². The van der Waals surface area contributed by atoms with Crippen molar-refractivity contribution in [2.75, 3.05) is 26.2 Å². The van der Waals surface area contributed by atoms with Crippen LogP contribution in [0, 0.1) is 12.7 Å². The van der Waals surface area contributed by atoms with Crippen molar-refractivity contribution in [3.63, 3.8) is 0 Å². The molecule has 120 valence electrons. The second-order valence-electron chi connectivity index (χ2n) is 5.81. The van der Waals surface area contributed by atoms with Gasteiger partial charge in [-0.2, -0.15) is 0 Å². The minimum atomic E-state index is -0.0960. The fourth-order valence-corrected chi connectivity index (χ4v) is 3.02. The minimum Gasteiger partial charge on any atom is -0.314 e. The smallest absolute Gasteiger partial charge is 0.126 e. The number of benzene rings is 1. The van der Waals surface area contributed by atoms with E-state index in [2.05, 4.69) is 17.1 Å². The number of hydrogen-bond donors (Lipinski definition) is 1. The van der Waals surface area contributed by atoms with Gasteiger partial charge in [0.1, 0.15) is 5.82 Å². The van der Waals surface area contributed by atoms with Crippen LogP contribution in [-0.2, 0) is 0 Å². The molecule has 0 aromatic heterocycles. The van der Waals surface area contributed by atoms with E-state index in [4.69, 9.17) is 0 Å². The van der Waals surface area contributed by atoms with E-state index < -0.39 is 0 Å². The summed E-state index contributed by atoms with van der Waals surface area (Å²) in [5, 5.41) is 3.41. The number of nitrogens with one attached hydrogen (secondary N) is 1. The number of aryl methyl sites for hydroxylation is 1. The lowest BCUT2D eigenvalue weighted by molar-refractivity contribution is 0.162. The van der Waals surface area contributed by atoms with Gasteiger partial charge in [-0.1, -0.05) is 38.3 Å². The van der Waals surface area contributed by atoms with Crippen LogP contribution in [0.15, 0.2) is 18.2 Å². The van der Waals surface area contributed by atoms with Gasteiger partial charge in [-0.3, -0.25) is 4.90 Å². The third kappa shape index (κ3) is 5.24. The molecule has 21 heavy (non-hydrogen) atoms. The van der Waals surface area contributed by atoms with Gasteiger partial charge in [0.2, 0.25) is 0 Å². The van der Waals surface area contributed by atoms with Crippen LogP contribution in [-0.4, -0.2) is 31.1 Å². The number of unbranched alkanes of at least 4 members (excludes halogenated alkanes) is 2. The number of rotatable bonds is 6. The highest BCUT2D eigenvalue weighted by atomic mass is 35.5. The zero-order valence-electron chi connectivity index (χ0n) is 13.2. The maximum atomic E-state index is 13.5. The van der Waals surface area contributed by atoms with Gasteiger partial charge in [0, 0.05) is 32.2 Å². The van der Waals surface area contributed by atoms with Crippen molar-refractivity contribution in [3.05, 3.63) is 35.1 Å². The maximum absolute atomic E-state index is 13.5. The first-order chi connectivity index (χ1) is 9.72. The van der Waals surface area contributed by atoms with Gasteiger partial charge < -0.3 is 5.32 Å². The average Bonchev–Trinajstić information content (AvgIpc) is 2.48. The van der Waals surface area contributed by atoms with Gasteiger partial charge in [0.25, 0.3) is 0 Å². The Bertz CT molecular complexity index is 419. The minimum absolute atomic E-state index is 0. The highest BCUT2D eigenvalue weighted by Crippen LogP contribution is 2.28. The largest absolute Gasteiger partial charge is 0.314 e. The molecule has 0 radical (unpaired) electrons. The van der Waals surface area contributed by atoms with E-state index in [0.29, 0.717) is 6.04 Å². The molecule has 0 unspecified atom stereocenters. The Hall–Kier alpha value is -0.640. The van der Waals surface area contributed by atoms with Crippen molar-refractivity contribution in [3.8, 4) is 0 Å². The van der Waals surface area contributed by atoms with Crippen LogP contribution in [0.4, 0.5) is 4.39 Å². The quantitative estimate of drug-likeness (QED) is 0.796. The Morgan fingerprint density at radius 3 is 2.57 bits per heavy atom. The van der Waals surface area contributed by atoms with Crippen molar-refractivity contribution in [2.45, 2.75) is 45.6 Å². The first-order valence-electron chi connectivity index (χ1n) is 7.93. The van der Waals surface area contributed by atoms with Gasteiger partial charge >= 0.3 is 0 Å². The van der Waals surface area contributed by atoms with Gasteiger partial charge in [-0.15, -0.1) is 12.4 Å². The van der Waals surface area contributed by atoms with Crippen LogP contribution in [0.1, 0.15) is 49.8 Å². The molecule has 0 amide bonds. The SMILES string of the molecule is CCCCC[C@@H](c1ccc(F)c(C)c1)N1CCNCC1.Cl. The van der Waals surface area contributed by atoms with Crippen LogP contribution in [0.25, 0.3) is 0 Å². The van der Waals surface area contributed by atoms with E-state index in [0.717, 1.165) is 31.7 Å². The second-order valence-corrected chi connectivity index (χ2v) is 5.81.